The lowest BCUT2D eigenvalue weighted by Gasteiger charge is -2.56. The Morgan fingerprint density at radius 1 is 1.06 bits per heavy atom. The van der Waals surface area contributed by atoms with E-state index in [4.69, 9.17) is 16.2 Å². The van der Waals surface area contributed by atoms with Crippen LogP contribution in [0.15, 0.2) is 0 Å². The van der Waals surface area contributed by atoms with Gasteiger partial charge in [-0.05, 0) is 104 Å². The first kappa shape index (κ1) is 25.4. The van der Waals surface area contributed by atoms with E-state index in [2.05, 4.69) is 18.2 Å². The Kier molecular flexibility index (Phi) is 8.49. The van der Waals surface area contributed by atoms with E-state index in [0.717, 1.165) is 37.0 Å². The van der Waals surface area contributed by atoms with Crippen LogP contribution in [0, 0.1) is 58.1 Å². The van der Waals surface area contributed by atoms with Crippen LogP contribution in [0.3, 0.4) is 0 Å². The number of halogens is 1. The fraction of sp³-hybridized carbons (Fsp3) is 0.875. The topological polar surface area (TPSA) is 71.4 Å². The number of carbonyl (C=O) groups excluding carboxylic acids is 1. The Morgan fingerprint density at radius 3 is 2.45 bits per heavy atom. The summed E-state index contributed by atoms with van der Waals surface area (Å²) in [5.74, 6) is 7.11. The highest BCUT2D eigenvalue weighted by Crippen LogP contribution is 2.64. The minimum atomic E-state index is -4.16. The minimum absolute atomic E-state index is 0.00455. The molecule has 0 aromatic carbocycles. The van der Waals surface area contributed by atoms with Gasteiger partial charge in [0.25, 0.3) is 0 Å². The summed E-state index contributed by atoms with van der Waals surface area (Å²) < 4.78 is 31.1. The molecule has 4 aliphatic rings. The molecule has 0 saturated heterocycles. The van der Waals surface area contributed by atoms with Gasteiger partial charge in [0.05, 0.1) is 5.75 Å². The van der Waals surface area contributed by atoms with Crippen molar-refractivity contribution in [3.05, 3.63) is 0 Å². The summed E-state index contributed by atoms with van der Waals surface area (Å²) in [5, 5.41) is 2.59. The van der Waals surface area contributed by atoms with Crippen LogP contribution in [-0.4, -0.2) is 24.5 Å². The Morgan fingerprint density at radius 2 is 1.77 bits per heavy atom. The van der Waals surface area contributed by atoms with Gasteiger partial charge in [-0.25, -0.2) is 0 Å². The van der Waals surface area contributed by atoms with Crippen molar-refractivity contribution in [2.24, 2.45) is 46.8 Å². The molecule has 8 unspecified atom stereocenters. The first-order valence-electron chi connectivity index (χ1n) is 12.0. The standard InChI is InChI=1S/C22H31ClO4S2.C2H6/c1-22-10-8-17-16-4-2-14(9-11-23)12-15(16)3-5-18(17)19(22)6-7-20(22)21(24)13-28-29(25,26)27;1-2/h14-20H,2-8,10,12-13H2,1H3,(H,25,26,27);1-2H3. The van der Waals surface area contributed by atoms with Crippen LogP contribution in [0.5, 0.6) is 0 Å². The predicted molar refractivity (Wildman–Crippen MR) is 128 cm³/mol. The van der Waals surface area contributed by atoms with Crippen molar-refractivity contribution < 1.29 is 17.8 Å². The molecule has 0 spiro atoms. The molecule has 1 N–H and O–H groups in total. The van der Waals surface area contributed by atoms with Gasteiger partial charge >= 0.3 is 9.15 Å². The summed E-state index contributed by atoms with van der Waals surface area (Å²) in [6.45, 7) is 6.28. The first-order valence-corrected chi connectivity index (χ1v) is 15.3. The molecule has 7 heteroatoms. The molecule has 8 atom stereocenters. The van der Waals surface area contributed by atoms with E-state index in [9.17, 15) is 13.2 Å². The highest BCUT2D eigenvalue weighted by atomic mass is 35.5. The largest absolute Gasteiger partial charge is 0.320 e. The van der Waals surface area contributed by atoms with Crippen LogP contribution in [0.25, 0.3) is 0 Å². The van der Waals surface area contributed by atoms with Crippen molar-refractivity contribution in [3.8, 4) is 11.3 Å². The molecule has 0 radical (unpaired) electrons. The normalized spacial score (nSPS) is 41.4. The molecule has 4 saturated carbocycles. The average molecular weight is 489 g/mol. The zero-order chi connectivity index (χ0) is 22.8. The smallest absolute Gasteiger partial charge is 0.298 e. The summed E-state index contributed by atoms with van der Waals surface area (Å²) in [4.78, 5) is 12.8. The molecule has 4 aliphatic carbocycles. The maximum Gasteiger partial charge on any atom is 0.320 e. The summed E-state index contributed by atoms with van der Waals surface area (Å²) in [7, 11) is -3.79. The molecule has 0 bridgehead atoms. The number of hydrogen-bond acceptors (Lipinski definition) is 4. The summed E-state index contributed by atoms with van der Waals surface area (Å²) >= 11 is 5.65. The monoisotopic (exact) mass is 488 g/mol. The van der Waals surface area contributed by atoms with Gasteiger partial charge in [0.2, 0.25) is 0 Å². The van der Waals surface area contributed by atoms with Crippen LogP contribution in [0.1, 0.15) is 78.6 Å². The lowest BCUT2D eigenvalue weighted by molar-refractivity contribution is -0.127. The van der Waals surface area contributed by atoms with Crippen molar-refractivity contribution >= 4 is 37.3 Å². The van der Waals surface area contributed by atoms with Gasteiger partial charge in [-0.3, -0.25) is 9.35 Å². The predicted octanol–water partition coefficient (Wildman–Crippen LogP) is 6.20. The van der Waals surface area contributed by atoms with E-state index >= 15 is 0 Å². The number of fused-ring (bicyclic) bond motifs is 5. The van der Waals surface area contributed by atoms with Gasteiger partial charge in [-0.2, -0.15) is 8.42 Å². The van der Waals surface area contributed by atoms with E-state index in [0.29, 0.717) is 28.5 Å². The molecule has 31 heavy (non-hydrogen) atoms. The van der Waals surface area contributed by atoms with E-state index < -0.39 is 9.15 Å². The van der Waals surface area contributed by atoms with Gasteiger partial charge in [0.15, 0.2) is 0 Å². The number of rotatable bonds is 4. The number of ketones is 1. The molecule has 0 aromatic rings. The molecule has 0 amide bonds. The molecule has 176 valence electrons. The molecular weight excluding hydrogens is 452 g/mol. The Balaban J connectivity index is 0.00000132. The Labute approximate surface area is 197 Å². The van der Waals surface area contributed by atoms with E-state index in [1.165, 1.54) is 38.5 Å². The summed E-state index contributed by atoms with van der Waals surface area (Å²) in [6.07, 6.45) is 10.4. The Hall–Kier alpha value is -0.220. The minimum Gasteiger partial charge on any atom is -0.298 e. The summed E-state index contributed by atoms with van der Waals surface area (Å²) in [5.41, 5.74) is -0.00777. The van der Waals surface area contributed by atoms with E-state index in [1.807, 2.05) is 13.8 Å². The summed E-state index contributed by atoms with van der Waals surface area (Å²) in [6, 6.07) is 0. The van der Waals surface area contributed by atoms with Gasteiger partial charge in [0.1, 0.15) is 5.78 Å². The third-order valence-electron chi connectivity index (χ3n) is 8.95. The van der Waals surface area contributed by atoms with Crippen molar-refractivity contribution in [2.75, 3.05) is 5.75 Å². The maximum absolute atomic E-state index is 12.8. The third-order valence-corrected chi connectivity index (χ3v) is 11.0. The fourth-order valence-corrected chi connectivity index (χ4v) is 9.24. The third kappa shape index (κ3) is 5.31. The molecule has 0 heterocycles. The number of carbonyl (C=O) groups is 1. The lowest BCUT2D eigenvalue weighted by atomic mass is 9.49. The zero-order valence-corrected chi connectivity index (χ0v) is 21.4. The van der Waals surface area contributed by atoms with Crippen LogP contribution >= 0.6 is 22.4 Å². The molecule has 0 aliphatic heterocycles. The van der Waals surface area contributed by atoms with Crippen LogP contribution in [-0.2, 0) is 13.9 Å². The van der Waals surface area contributed by atoms with E-state index in [-0.39, 0.29) is 22.9 Å². The van der Waals surface area contributed by atoms with Gasteiger partial charge in [0, 0.05) is 28.0 Å². The van der Waals surface area contributed by atoms with E-state index in [1.54, 1.807) is 0 Å². The fourth-order valence-electron chi connectivity index (χ4n) is 7.82. The zero-order valence-electron chi connectivity index (χ0n) is 19.0. The quantitative estimate of drug-likeness (QED) is 0.289. The highest BCUT2D eigenvalue weighted by Gasteiger charge is 2.58. The molecular formula is C24H37ClO4S2. The van der Waals surface area contributed by atoms with Gasteiger partial charge in [-0.15, -0.1) is 0 Å². The first-order chi connectivity index (χ1) is 14.7. The molecule has 4 nitrogen and oxygen atoms in total. The Bertz CT molecular complexity index is 817. The van der Waals surface area contributed by atoms with Gasteiger partial charge in [-0.1, -0.05) is 26.7 Å². The van der Waals surface area contributed by atoms with Crippen molar-refractivity contribution in [1.82, 2.24) is 0 Å². The number of hydrogen-bond donors (Lipinski definition) is 1. The van der Waals surface area contributed by atoms with Crippen molar-refractivity contribution in [2.45, 2.75) is 78.6 Å². The second-order valence-electron chi connectivity index (χ2n) is 10.0. The SMILES string of the molecule is CC.CC12CCC3C4CCC(C#CCl)CC4CCC3C1CCC2C(=O)CSS(=O)(=O)O. The lowest BCUT2D eigenvalue weighted by Crippen LogP contribution is -2.49. The van der Waals surface area contributed by atoms with Crippen molar-refractivity contribution in [3.63, 3.8) is 0 Å². The molecule has 0 aromatic heterocycles. The maximum atomic E-state index is 12.8. The number of Topliss-reactive ketones (excluding diaryl/α,β-unsaturated/α-hetero) is 1. The second kappa shape index (κ2) is 10.4. The van der Waals surface area contributed by atoms with Crippen molar-refractivity contribution in [1.29, 1.82) is 0 Å². The van der Waals surface area contributed by atoms with Crippen LogP contribution in [0.2, 0.25) is 0 Å². The molecule has 4 fully saturated rings. The average Bonchev–Trinajstić information content (AvgIpc) is 3.10. The second-order valence-corrected chi connectivity index (χ2v) is 13.6. The van der Waals surface area contributed by atoms with Crippen LogP contribution < -0.4 is 0 Å². The molecule has 4 rings (SSSR count). The highest BCUT2D eigenvalue weighted by molar-refractivity contribution is 8.70. The van der Waals surface area contributed by atoms with Gasteiger partial charge < -0.3 is 0 Å². The van der Waals surface area contributed by atoms with Crippen LogP contribution in [0.4, 0.5) is 0 Å².